The van der Waals surface area contributed by atoms with Crippen LogP contribution < -0.4 is 5.73 Å². The zero-order valence-electron chi connectivity index (χ0n) is 14.2. The quantitative estimate of drug-likeness (QED) is 0.705. The second-order valence-corrected chi connectivity index (χ2v) is 6.73. The van der Waals surface area contributed by atoms with Crippen molar-refractivity contribution in [3.8, 4) is 0 Å². The van der Waals surface area contributed by atoms with E-state index in [4.69, 9.17) is 10.5 Å². The van der Waals surface area contributed by atoms with Gasteiger partial charge in [0.2, 0.25) is 0 Å². The fourth-order valence-electron chi connectivity index (χ4n) is 3.25. The minimum atomic E-state index is 0.178. The topological polar surface area (TPSA) is 38.5 Å². The fourth-order valence-corrected chi connectivity index (χ4v) is 3.25. The average molecular weight is 284 g/mol. The first kappa shape index (κ1) is 17.9. The first-order valence-electron chi connectivity index (χ1n) is 8.66. The van der Waals surface area contributed by atoms with Crippen LogP contribution in [-0.2, 0) is 4.74 Å². The summed E-state index contributed by atoms with van der Waals surface area (Å²) in [4.78, 5) is 2.69. The van der Waals surface area contributed by atoms with E-state index in [0.717, 1.165) is 26.0 Å². The third-order valence-electron chi connectivity index (χ3n) is 4.84. The molecule has 0 aliphatic carbocycles. The maximum Gasteiger partial charge on any atom is 0.0616 e. The van der Waals surface area contributed by atoms with E-state index in [1.807, 2.05) is 0 Å². The van der Waals surface area contributed by atoms with Crippen LogP contribution in [0.15, 0.2) is 0 Å². The molecule has 0 aromatic rings. The molecule has 120 valence electrons. The molecule has 1 rings (SSSR count). The van der Waals surface area contributed by atoms with Gasteiger partial charge in [-0.3, -0.25) is 4.90 Å². The van der Waals surface area contributed by atoms with E-state index in [1.54, 1.807) is 0 Å². The minimum absolute atomic E-state index is 0.178. The molecular formula is C17H36N2O. The predicted octanol–water partition coefficient (Wildman–Crippen LogP) is 3.42. The molecule has 1 aliphatic heterocycles. The number of unbranched alkanes of at least 4 members (excludes halogenated alkanes) is 2. The Balaban J connectivity index is 2.78. The summed E-state index contributed by atoms with van der Waals surface area (Å²) in [5, 5.41) is 0. The van der Waals surface area contributed by atoms with E-state index in [-0.39, 0.29) is 5.54 Å². The van der Waals surface area contributed by atoms with E-state index in [2.05, 4.69) is 32.6 Å². The van der Waals surface area contributed by atoms with Crippen molar-refractivity contribution < 1.29 is 4.74 Å². The first-order chi connectivity index (χ1) is 9.59. The Morgan fingerprint density at radius 3 is 2.25 bits per heavy atom. The van der Waals surface area contributed by atoms with Crippen molar-refractivity contribution >= 4 is 0 Å². The van der Waals surface area contributed by atoms with Gasteiger partial charge in [0, 0.05) is 18.7 Å². The number of rotatable bonds is 9. The zero-order chi connectivity index (χ0) is 15.0. The lowest BCUT2D eigenvalue weighted by atomic mass is 9.81. The summed E-state index contributed by atoms with van der Waals surface area (Å²) < 4.78 is 5.97. The van der Waals surface area contributed by atoms with E-state index in [0.29, 0.717) is 12.0 Å². The molecule has 3 heteroatoms. The van der Waals surface area contributed by atoms with E-state index < -0.39 is 0 Å². The SMILES string of the molecule is CCCCN(CCCC)C1(CN)CCOC(C(C)C)C1. The maximum atomic E-state index is 6.25. The van der Waals surface area contributed by atoms with Crippen LogP contribution in [0.25, 0.3) is 0 Å². The van der Waals surface area contributed by atoms with Gasteiger partial charge in [-0.15, -0.1) is 0 Å². The molecule has 0 aromatic carbocycles. The van der Waals surface area contributed by atoms with Gasteiger partial charge in [0.25, 0.3) is 0 Å². The Hall–Kier alpha value is -0.120. The molecule has 0 bridgehead atoms. The standard InChI is InChI=1S/C17H36N2O/c1-5-7-10-19(11-8-6-2)17(14-18)9-12-20-16(13-17)15(3)4/h15-16H,5-14,18H2,1-4H3. The van der Waals surface area contributed by atoms with Gasteiger partial charge in [-0.05, 0) is 44.7 Å². The van der Waals surface area contributed by atoms with E-state index >= 15 is 0 Å². The highest BCUT2D eigenvalue weighted by Gasteiger charge is 2.41. The van der Waals surface area contributed by atoms with Crippen molar-refractivity contribution in [1.82, 2.24) is 4.90 Å². The van der Waals surface area contributed by atoms with Crippen LogP contribution in [0.1, 0.15) is 66.2 Å². The Morgan fingerprint density at radius 2 is 1.80 bits per heavy atom. The summed E-state index contributed by atoms with van der Waals surface area (Å²) in [6.45, 7) is 13.1. The lowest BCUT2D eigenvalue weighted by Crippen LogP contribution is -2.59. The van der Waals surface area contributed by atoms with Crippen LogP contribution in [0.4, 0.5) is 0 Å². The Labute approximate surface area is 126 Å². The molecule has 2 atom stereocenters. The van der Waals surface area contributed by atoms with Crippen molar-refractivity contribution in [2.24, 2.45) is 11.7 Å². The van der Waals surface area contributed by atoms with E-state index in [1.165, 1.54) is 38.8 Å². The largest absolute Gasteiger partial charge is 0.378 e. The van der Waals surface area contributed by atoms with Crippen LogP contribution >= 0.6 is 0 Å². The second kappa shape index (κ2) is 9.01. The lowest BCUT2D eigenvalue weighted by Gasteiger charge is -2.49. The molecular weight excluding hydrogens is 248 g/mol. The summed E-state index contributed by atoms with van der Waals surface area (Å²) in [5.41, 5.74) is 6.43. The molecule has 0 spiro atoms. The van der Waals surface area contributed by atoms with Crippen LogP contribution in [-0.4, -0.2) is 42.8 Å². The zero-order valence-corrected chi connectivity index (χ0v) is 14.2. The molecule has 20 heavy (non-hydrogen) atoms. The highest BCUT2D eigenvalue weighted by atomic mass is 16.5. The van der Waals surface area contributed by atoms with Crippen LogP contribution in [0.2, 0.25) is 0 Å². The van der Waals surface area contributed by atoms with Gasteiger partial charge in [-0.25, -0.2) is 0 Å². The van der Waals surface area contributed by atoms with Crippen molar-refractivity contribution in [2.45, 2.75) is 77.9 Å². The molecule has 1 saturated heterocycles. The molecule has 1 fully saturated rings. The Kier molecular flexibility index (Phi) is 8.08. The number of hydrogen-bond acceptors (Lipinski definition) is 3. The molecule has 0 radical (unpaired) electrons. The molecule has 0 aromatic heterocycles. The molecule has 3 nitrogen and oxygen atoms in total. The minimum Gasteiger partial charge on any atom is -0.378 e. The Bertz CT molecular complexity index is 249. The molecule has 1 aliphatic rings. The van der Waals surface area contributed by atoms with Gasteiger partial charge in [-0.2, -0.15) is 0 Å². The normalized spacial score (nSPS) is 27.4. The number of nitrogens with two attached hydrogens (primary N) is 1. The molecule has 0 amide bonds. The van der Waals surface area contributed by atoms with Gasteiger partial charge in [-0.1, -0.05) is 40.5 Å². The van der Waals surface area contributed by atoms with Crippen LogP contribution in [0.5, 0.6) is 0 Å². The Morgan fingerprint density at radius 1 is 1.20 bits per heavy atom. The molecule has 0 saturated carbocycles. The summed E-state index contributed by atoms with van der Waals surface area (Å²) in [5.74, 6) is 0.584. The van der Waals surface area contributed by atoms with Crippen molar-refractivity contribution in [1.29, 1.82) is 0 Å². The lowest BCUT2D eigenvalue weighted by molar-refractivity contribution is -0.0881. The van der Waals surface area contributed by atoms with Crippen molar-refractivity contribution in [3.63, 3.8) is 0 Å². The fraction of sp³-hybridized carbons (Fsp3) is 1.00. The highest BCUT2D eigenvalue weighted by molar-refractivity contribution is 4.97. The average Bonchev–Trinajstić information content (AvgIpc) is 2.47. The van der Waals surface area contributed by atoms with Gasteiger partial charge >= 0.3 is 0 Å². The number of nitrogens with zero attached hydrogens (tertiary/aromatic N) is 1. The van der Waals surface area contributed by atoms with Gasteiger partial charge in [0.1, 0.15) is 0 Å². The summed E-state index contributed by atoms with van der Waals surface area (Å²) in [6, 6.07) is 0. The van der Waals surface area contributed by atoms with E-state index in [9.17, 15) is 0 Å². The monoisotopic (exact) mass is 284 g/mol. The third kappa shape index (κ3) is 4.71. The maximum absolute atomic E-state index is 6.25. The number of ether oxygens (including phenoxy) is 1. The van der Waals surface area contributed by atoms with Gasteiger partial charge in [0.15, 0.2) is 0 Å². The summed E-state index contributed by atoms with van der Waals surface area (Å²) >= 11 is 0. The van der Waals surface area contributed by atoms with Gasteiger partial charge in [0.05, 0.1) is 6.10 Å². The molecule has 1 heterocycles. The second-order valence-electron chi connectivity index (χ2n) is 6.73. The predicted molar refractivity (Wildman–Crippen MR) is 87.0 cm³/mol. The molecule has 2 N–H and O–H groups in total. The summed E-state index contributed by atoms with van der Waals surface area (Å²) in [6.07, 6.45) is 7.64. The van der Waals surface area contributed by atoms with Gasteiger partial charge < -0.3 is 10.5 Å². The highest BCUT2D eigenvalue weighted by Crippen LogP contribution is 2.33. The molecule has 2 unspecified atom stereocenters. The van der Waals surface area contributed by atoms with Crippen LogP contribution in [0, 0.1) is 5.92 Å². The van der Waals surface area contributed by atoms with Crippen LogP contribution in [0.3, 0.4) is 0 Å². The van der Waals surface area contributed by atoms with Crippen molar-refractivity contribution in [2.75, 3.05) is 26.2 Å². The number of hydrogen-bond donors (Lipinski definition) is 1. The van der Waals surface area contributed by atoms with Crippen molar-refractivity contribution in [3.05, 3.63) is 0 Å². The summed E-state index contributed by atoms with van der Waals surface area (Å²) in [7, 11) is 0. The third-order valence-corrected chi connectivity index (χ3v) is 4.84. The smallest absolute Gasteiger partial charge is 0.0616 e. The first-order valence-corrected chi connectivity index (χ1v) is 8.66.